The van der Waals surface area contributed by atoms with Crippen LogP contribution in [0.2, 0.25) is 0 Å². The molecule has 0 heterocycles. The normalized spacial score (nSPS) is 21.4. The fourth-order valence-electron chi connectivity index (χ4n) is 2.93. The number of nitrogens with one attached hydrogen (secondary N) is 3. The molecule has 1 aliphatic rings. The first-order valence-electron chi connectivity index (χ1n) is 9.64. The minimum Gasteiger partial charge on any atom is -0.491 e. The third-order valence-corrected chi connectivity index (χ3v) is 4.47. The minimum atomic E-state index is -0.602. The molecular weight excluding hydrogens is 346 g/mol. The number of rotatable bonds is 7. The number of carbonyl (C=O) groups is 1. The number of benzene rings is 1. The quantitative estimate of drug-likeness (QED) is 0.500. The van der Waals surface area contributed by atoms with Crippen LogP contribution in [-0.4, -0.2) is 53.2 Å². The zero-order chi connectivity index (χ0) is 19.9. The Hall–Kier alpha value is -1.83. The van der Waals surface area contributed by atoms with Crippen molar-refractivity contribution in [2.45, 2.75) is 70.2 Å². The highest BCUT2D eigenvalue weighted by atomic mass is 16.5. The molecule has 3 atom stereocenters. The molecular formula is C20H33N3O4. The molecule has 0 radical (unpaired) electrons. The lowest BCUT2D eigenvalue weighted by Crippen LogP contribution is -2.46. The van der Waals surface area contributed by atoms with Gasteiger partial charge in [-0.25, -0.2) is 4.79 Å². The summed E-state index contributed by atoms with van der Waals surface area (Å²) in [5.74, 6) is 0.624. The molecule has 1 aromatic carbocycles. The fourth-order valence-corrected chi connectivity index (χ4v) is 2.93. The van der Waals surface area contributed by atoms with Crippen molar-refractivity contribution >= 4 is 11.7 Å². The van der Waals surface area contributed by atoms with Gasteiger partial charge >= 0.3 is 6.03 Å². The number of aliphatic hydroxyl groups is 2. The van der Waals surface area contributed by atoms with Crippen molar-refractivity contribution < 1.29 is 19.7 Å². The molecule has 5 N–H and O–H groups in total. The maximum atomic E-state index is 12.1. The summed E-state index contributed by atoms with van der Waals surface area (Å²) >= 11 is 0. The summed E-state index contributed by atoms with van der Waals surface area (Å²) in [4.78, 5) is 12.1. The van der Waals surface area contributed by atoms with Crippen LogP contribution in [0.5, 0.6) is 5.75 Å². The number of hydrogen-bond acceptors (Lipinski definition) is 5. The Morgan fingerprint density at radius 3 is 2.52 bits per heavy atom. The van der Waals surface area contributed by atoms with Crippen LogP contribution in [0.3, 0.4) is 0 Å². The molecule has 0 spiro atoms. The number of ether oxygens (including phenoxy) is 1. The lowest BCUT2D eigenvalue weighted by Gasteiger charge is -2.28. The van der Waals surface area contributed by atoms with Gasteiger partial charge in [-0.2, -0.15) is 0 Å². The van der Waals surface area contributed by atoms with Crippen LogP contribution in [-0.2, 0) is 0 Å². The Morgan fingerprint density at radius 2 is 1.89 bits per heavy atom. The second-order valence-corrected chi connectivity index (χ2v) is 8.18. The number of carbonyl (C=O) groups excluding carboxylic acids is 1. The number of urea groups is 1. The first-order valence-corrected chi connectivity index (χ1v) is 9.64. The molecule has 0 aromatic heterocycles. The summed E-state index contributed by atoms with van der Waals surface area (Å²) in [5.41, 5.74) is 0.586. The molecule has 152 valence electrons. The van der Waals surface area contributed by atoms with Gasteiger partial charge in [0.15, 0.2) is 0 Å². The standard InChI is InChI=1S/C20H33N3O4/c1-20(2,3)21-12-15(24)13-27-16-10-8-14(9-11-16)22-19(26)23-17-6-4-5-7-18(17)25/h8-11,15,17-18,21,24-25H,4-7,12-13H2,1-3H3,(H2,22,23,26). The molecule has 0 aliphatic heterocycles. The van der Waals surface area contributed by atoms with Crippen molar-refractivity contribution in [2.24, 2.45) is 0 Å². The number of β-amino-alcohol motifs (C(OH)–C–C–N with tert-alkyl or cyclic N) is 1. The highest BCUT2D eigenvalue weighted by Gasteiger charge is 2.24. The van der Waals surface area contributed by atoms with Crippen molar-refractivity contribution in [3.63, 3.8) is 0 Å². The van der Waals surface area contributed by atoms with Crippen molar-refractivity contribution in [1.29, 1.82) is 0 Å². The van der Waals surface area contributed by atoms with Crippen molar-refractivity contribution in [3.05, 3.63) is 24.3 Å². The Balaban J connectivity index is 1.73. The van der Waals surface area contributed by atoms with Crippen molar-refractivity contribution in [1.82, 2.24) is 10.6 Å². The first-order chi connectivity index (χ1) is 12.7. The van der Waals surface area contributed by atoms with Crippen molar-refractivity contribution in [3.8, 4) is 5.75 Å². The van der Waals surface area contributed by atoms with Gasteiger partial charge in [0.05, 0.1) is 12.1 Å². The summed E-state index contributed by atoms with van der Waals surface area (Å²) in [6.45, 7) is 6.76. The van der Waals surface area contributed by atoms with Gasteiger partial charge in [0.2, 0.25) is 0 Å². The van der Waals surface area contributed by atoms with Crippen LogP contribution in [0.4, 0.5) is 10.5 Å². The topological polar surface area (TPSA) is 103 Å². The lowest BCUT2D eigenvalue weighted by atomic mass is 9.93. The Morgan fingerprint density at radius 1 is 1.22 bits per heavy atom. The minimum absolute atomic E-state index is 0.0530. The van der Waals surface area contributed by atoms with E-state index < -0.39 is 12.2 Å². The molecule has 3 unspecified atom stereocenters. The molecule has 27 heavy (non-hydrogen) atoms. The Bertz CT molecular complexity index is 586. The molecule has 1 aromatic rings. The average Bonchev–Trinajstić information content (AvgIpc) is 2.61. The number of aliphatic hydroxyl groups excluding tert-OH is 2. The van der Waals surface area contributed by atoms with Crippen LogP contribution < -0.4 is 20.7 Å². The second kappa shape index (κ2) is 9.92. The van der Waals surface area contributed by atoms with Gasteiger partial charge in [0, 0.05) is 17.8 Å². The fraction of sp³-hybridized carbons (Fsp3) is 0.650. The van der Waals surface area contributed by atoms with E-state index in [1.807, 2.05) is 20.8 Å². The van der Waals surface area contributed by atoms with Crippen LogP contribution in [0.1, 0.15) is 46.5 Å². The van der Waals surface area contributed by atoms with Gasteiger partial charge in [-0.05, 0) is 57.9 Å². The van der Waals surface area contributed by atoms with Crippen LogP contribution in [0.15, 0.2) is 24.3 Å². The van der Waals surface area contributed by atoms with Gasteiger partial charge in [-0.1, -0.05) is 12.8 Å². The third-order valence-electron chi connectivity index (χ3n) is 4.47. The van der Waals surface area contributed by atoms with Crippen LogP contribution in [0.25, 0.3) is 0 Å². The first kappa shape index (κ1) is 21.5. The zero-order valence-corrected chi connectivity index (χ0v) is 16.5. The lowest BCUT2D eigenvalue weighted by molar-refractivity contribution is 0.0955. The van der Waals surface area contributed by atoms with E-state index in [0.717, 1.165) is 25.7 Å². The highest BCUT2D eigenvalue weighted by molar-refractivity contribution is 5.89. The smallest absolute Gasteiger partial charge is 0.319 e. The molecule has 0 bridgehead atoms. The monoisotopic (exact) mass is 379 g/mol. The SMILES string of the molecule is CC(C)(C)NCC(O)COc1ccc(NC(=O)NC2CCCCC2O)cc1. The van der Waals surface area contributed by atoms with Gasteiger partial charge < -0.3 is 30.9 Å². The summed E-state index contributed by atoms with van der Waals surface area (Å²) in [6.07, 6.45) is 2.48. The van der Waals surface area contributed by atoms with Gasteiger partial charge in [-0.15, -0.1) is 0 Å². The average molecular weight is 380 g/mol. The summed E-state index contributed by atoms with van der Waals surface area (Å²) < 4.78 is 5.58. The third kappa shape index (κ3) is 8.15. The maximum absolute atomic E-state index is 12.1. The number of anilines is 1. The summed E-state index contributed by atoms with van der Waals surface area (Å²) in [7, 11) is 0. The van der Waals surface area contributed by atoms with E-state index in [0.29, 0.717) is 18.0 Å². The van der Waals surface area contributed by atoms with E-state index in [2.05, 4.69) is 16.0 Å². The van der Waals surface area contributed by atoms with E-state index in [9.17, 15) is 15.0 Å². The van der Waals surface area contributed by atoms with Gasteiger partial charge in [0.25, 0.3) is 0 Å². The molecule has 1 saturated carbocycles. The van der Waals surface area contributed by atoms with E-state index in [1.165, 1.54) is 0 Å². The molecule has 1 aliphatic carbocycles. The van der Waals surface area contributed by atoms with E-state index in [4.69, 9.17) is 4.74 Å². The second-order valence-electron chi connectivity index (χ2n) is 8.18. The Kier molecular flexibility index (Phi) is 7.89. The van der Waals surface area contributed by atoms with E-state index in [-0.39, 0.29) is 24.2 Å². The van der Waals surface area contributed by atoms with Crippen LogP contribution in [0, 0.1) is 0 Å². The molecule has 2 rings (SSSR count). The van der Waals surface area contributed by atoms with Crippen LogP contribution >= 0.6 is 0 Å². The molecule has 2 amide bonds. The predicted octanol–water partition coefficient (Wildman–Crippen LogP) is 2.24. The summed E-state index contributed by atoms with van der Waals surface area (Å²) in [5, 5.41) is 28.7. The predicted molar refractivity (Wildman–Crippen MR) is 106 cm³/mol. The molecule has 1 fully saturated rings. The molecule has 7 heteroatoms. The largest absolute Gasteiger partial charge is 0.491 e. The highest BCUT2D eigenvalue weighted by Crippen LogP contribution is 2.19. The van der Waals surface area contributed by atoms with Gasteiger partial charge in [-0.3, -0.25) is 0 Å². The van der Waals surface area contributed by atoms with Crippen molar-refractivity contribution in [2.75, 3.05) is 18.5 Å². The zero-order valence-electron chi connectivity index (χ0n) is 16.5. The molecule has 0 saturated heterocycles. The number of amides is 2. The summed E-state index contributed by atoms with van der Waals surface area (Å²) in [6, 6.07) is 6.46. The Labute approximate surface area is 161 Å². The van der Waals surface area contributed by atoms with E-state index >= 15 is 0 Å². The molecule has 7 nitrogen and oxygen atoms in total. The van der Waals surface area contributed by atoms with E-state index in [1.54, 1.807) is 24.3 Å². The maximum Gasteiger partial charge on any atom is 0.319 e. The number of hydrogen-bond donors (Lipinski definition) is 5. The van der Waals surface area contributed by atoms with Gasteiger partial charge in [0.1, 0.15) is 18.5 Å².